The molecule has 1 heterocycles. The lowest BCUT2D eigenvalue weighted by Crippen LogP contribution is -2.02. The summed E-state index contributed by atoms with van der Waals surface area (Å²) < 4.78 is 5.39. The first-order valence-electron chi connectivity index (χ1n) is 4.89. The van der Waals surface area contributed by atoms with E-state index >= 15 is 0 Å². The molecule has 4 nitrogen and oxygen atoms in total. The van der Waals surface area contributed by atoms with Crippen LogP contribution in [0.5, 0.6) is 11.6 Å². The van der Waals surface area contributed by atoms with Crippen LogP contribution in [0.2, 0.25) is 10.0 Å². The minimum Gasteiger partial charge on any atom is -0.476 e. The maximum absolute atomic E-state index is 10.9. The average molecular weight is 284 g/mol. The standard InChI is InChI=1S/C12H7Cl2NO3/c13-7-1-3-8(4-2-7)18-10-6-5-9(14)11(15-10)12(16)17/h1-6H,(H,16,17). The van der Waals surface area contributed by atoms with E-state index in [4.69, 9.17) is 33.0 Å². The summed E-state index contributed by atoms with van der Waals surface area (Å²) in [5.41, 5.74) is -0.247. The van der Waals surface area contributed by atoms with E-state index in [0.29, 0.717) is 10.8 Å². The van der Waals surface area contributed by atoms with Crippen molar-refractivity contribution >= 4 is 29.2 Å². The molecule has 1 N–H and O–H groups in total. The molecule has 0 bridgehead atoms. The third kappa shape index (κ3) is 2.91. The van der Waals surface area contributed by atoms with Crippen molar-refractivity contribution in [2.24, 2.45) is 0 Å². The van der Waals surface area contributed by atoms with E-state index in [1.54, 1.807) is 24.3 Å². The van der Waals surface area contributed by atoms with Crippen LogP contribution in [0, 0.1) is 0 Å². The van der Waals surface area contributed by atoms with Crippen LogP contribution >= 0.6 is 23.2 Å². The highest BCUT2D eigenvalue weighted by Gasteiger charge is 2.12. The number of carboxylic acid groups (broad SMARTS) is 1. The Morgan fingerprint density at radius 2 is 1.78 bits per heavy atom. The Balaban J connectivity index is 2.27. The van der Waals surface area contributed by atoms with Gasteiger partial charge in [-0.25, -0.2) is 9.78 Å². The van der Waals surface area contributed by atoms with Crippen LogP contribution in [-0.4, -0.2) is 16.1 Å². The number of carboxylic acids is 1. The number of benzene rings is 1. The number of pyridine rings is 1. The Labute approximate surface area is 113 Å². The largest absolute Gasteiger partial charge is 0.476 e. The maximum atomic E-state index is 10.9. The first-order valence-corrected chi connectivity index (χ1v) is 5.65. The minimum absolute atomic E-state index is 0.0611. The first kappa shape index (κ1) is 12.7. The van der Waals surface area contributed by atoms with Crippen molar-refractivity contribution in [1.29, 1.82) is 0 Å². The average Bonchev–Trinajstić information content (AvgIpc) is 2.34. The summed E-state index contributed by atoms with van der Waals surface area (Å²) in [6.45, 7) is 0. The maximum Gasteiger partial charge on any atom is 0.356 e. The normalized spacial score (nSPS) is 10.1. The lowest BCUT2D eigenvalue weighted by Gasteiger charge is -2.06. The quantitative estimate of drug-likeness (QED) is 0.929. The Morgan fingerprint density at radius 3 is 2.39 bits per heavy atom. The summed E-state index contributed by atoms with van der Waals surface area (Å²) in [4.78, 5) is 14.7. The Bertz CT molecular complexity index is 584. The minimum atomic E-state index is -1.21. The van der Waals surface area contributed by atoms with Gasteiger partial charge in [-0.3, -0.25) is 0 Å². The van der Waals surface area contributed by atoms with E-state index in [0.717, 1.165) is 0 Å². The second-order valence-electron chi connectivity index (χ2n) is 3.34. The van der Waals surface area contributed by atoms with E-state index < -0.39 is 5.97 Å². The summed E-state index contributed by atoms with van der Waals surface area (Å²) >= 11 is 11.4. The molecule has 92 valence electrons. The van der Waals surface area contributed by atoms with Gasteiger partial charge < -0.3 is 9.84 Å². The lowest BCUT2D eigenvalue weighted by atomic mass is 10.3. The predicted octanol–water partition coefficient (Wildman–Crippen LogP) is 3.88. The number of rotatable bonds is 3. The molecule has 0 aliphatic rings. The number of nitrogens with zero attached hydrogens (tertiary/aromatic N) is 1. The fraction of sp³-hybridized carbons (Fsp3) is 0. The van der Waals surface area contributed by atoms with Gasteiger partial charge in [-0.2, -0.15) is 0 Å². The number of hydrogen-bond donors (Lipinski definition) is 1. The van der Waals surface area contributed by atoms with E-state index in [-0.39, 0.29) is 16.6 Å². The molecule has 2 rings (SSSR count). The van der Waals surface area contributed by atoms with Crippen molar-refractivity contribution in [1.82, 2.24) is 4.98 Å². The molecule has 2 aromatic rings. The monoisotopic (exact) mass is 283 g/mol. The summed E-state index contributed by atoms with van der Waals surface area (Å²) in [6, 6.07) is 9.53. The summed E-state index contributed by atoms with van der Waals surface area (Å²) in [6.07, 6.45) is 0. The van der Waals surface area contributed by atoms with Crippen molar-refractivity contribution < 1.29 is 14.6 Å². The summed E-state index contributed by atoms with van der Waals surface area (Å²) in [5.74, 6) is -0.550. The van der Waals surface area contributed by atoms with Gasteiger partial charge in [0.15, 0.2) is 5.69 Å². The van der Waals surface area contributed by atoms with Gasteiger partial charge >= 0.3 is 5.97 Å². The smallest absolute Gasteiger partial charge is 0.356 e. The Hall–Kier alpha value is -1.78. The molecule has 1 aromatic heterocycles. The molecule has 0 amide bonds. The first-order chi connectivity index (χ1) is 8.56. The molecule has 6 heteroatoms. The highest BCUT2D eigenvalue weighted by molar-refractivity contribution is 6.33. The number of hydrogen-bond acceptors (Lipinski definition) is 3. The van der Waals surface area contributed by atoms with Crippen LogP contribution in [0.15, 0.2) is 36.4 Å². The van der Waals surface area contributed by atoms with E-state index in [1.165, 1.54) is 12.1 Å². The molecule has 0 spiro atoms. The molecule has 0 radical (unpaired) electrons. The van der Waals surface area contributed by atoms with Gasteiger partial charge in [0, 0.05) is 11.1 Å². The summed E-state index contributed by atoms with van der Waals surface area (Å²) in [5, 5.41) is 9.51. The van der Waals surface area contributed by atoms with Crippen LogP contribution < -0.4 is 4.74 Å². The molecule has 0 aliphatic carbocycles. The van der Waals surface area contributed by atoms with Crippen molar-refractivity contribution in [3.63, 3.8) is 0 Å². The van der Waals surface area contributed by atoms with Crippen molar-refractivity contribution in [2.75, 3.05) is 0 Å². The number of carbonyl (C=O) groups is 1. The van der Waals surface area contributed by atoms with Gasteiger partial charge in [-0.05, 0) is 30.3 Å². The molecule has 0 unspecified atom stereocenters. The van der Waals surface area contributed by atoms with E-state index in [2.05, 4.69) is 4.98 Å². The van der Waals surface area contributed by atoms with Crippen molar-refractivity contribution in [2.45, 2.75) is 0 Å². The number of ether oxygens (including phenoxy) is 1. The topological polar surface area (TPSA) is 59.4 Å². The molecule has 0 atom stereocenters. The second kappa shape index (κ2) is 5.25. The highest BCUT2D eigenvalue weighted by Crippen LogP contribution is 2.24. The molecule has 0 fully saturated rings. The number of halogens is 2. The zero-order valence-electron chi connectivity index (χ0n) is 8.93. The van der Waals surface area contributed by atoms with Crippen molar-refractivity contribution in [3.8, 4) is 11.6 Å². The molecular weight excluding hydrogens is 277 g/mol. The molecular formula is C12H7Cl2NO3. The van der Waals surface area contributed by atoms with Gasteiger partial charge in [0.25, 0.3) is 0 Å². The van der Waals surface area contributed by atoms with Gasteiger partial charge in [0.1, 0.15) is 5.75 Å². The van der Waals surface area contributed by atoms with E-state index in [1.807, 2.05) is 0 Å². The Morgan fingerprint density at radius 1 is 1.11 bits per heavy atom. The SMILES string of the molecule is O=C(O)c1nc(Oc2ccc(Cl)cc2)ccc1Cl. The van der Waals surface area contributed by atoms with Crippen LogP contribution in [0.4, 0.5) is 0 Å². The van der Waals surface area contributed by atoms with Crippen LogP contribution in [0.25, 0.3) is 0 Å². The molecule has 0 saturated carbocycles. The fourth-order valence-corrected chi connectivity index (χ4v) is 1.57. The van der Waals surface area contributed by atoms with Gasteiger partial charge in [-0.15, -0.1) is 0 Å². The lowest BCUT2D eigenvalue weighted by molar-refractivity contribution is 0.0690. The molecule has 1 aromatic carbocycles. The van der Waals surface area contributed by atoms with Gasteiger partial charge in [0.2, 0.25) is 5.88 Å². The Kier molecular flexibility index (Phi) is 3.69. The third-order valence-electron chi connectivity index (χ3n) is 2.06. The number of aromatic carboxylic acids is 1. The van der Waals surface area contributed by atoms with E-state index in [9.17, 15) is 4.79 Å². The van der Waals surface area contributed by atoms with Crippen LogP contribution in [0.3, 0.4) is 0 Å². The van der Waals surface area contributed by atoms with Gasteiger partial charge in [-0.1, -0.05) is 23.2 Å². The highest BCUT2D eigenvalue weighted by atomic mass is 35.5. The fourth-order valence-electron chi connectivity index (χ4n) is 1.25. The van der Waals surface area contributed by atoms with Gasteiger partial charge in [0.05, 0.1) is 5.02 Å². The summed E-state index contributed by atoms with van der Waals surface area (Å²) in [7, 11) is 0. The second-order valence-corrected chi connectivity index (χ2v) is 4.18. The predicted molar refractivity (Wildman–Crippen MR) is 67.7 cm³/mol. The third-order valence-corrected chi connectivity index (χ3v) is 2.62. The zero-order chi connectivity index (χ0) is 13.1. The number of aromatic nitrogens is 1. The molecule has 18 heavy (non-hydrogen) atoms. The molecule has 0 aliphatic heterocycles. The zero-order valence-corrected chi connectivity index (χ0v) is 10.4. The van der Waals surface area contributed by atoms with Crippen LogP contribution in [0.1, 0.15) is 10.5 Å². The molecule has 0 saturated heterocycles. The van der Waals surface area contributed by atoms with Crippen LogP contribution in [-0.2, 0) is 0 Å². The van der Waals surface area contributed by atoms with Crippen molar-refractivity contribution in [3.05, 3.63) is 52.1 Å².